The van der Waals surface area contributed by atoms with Crippen LogP contribution >= 0.6 is 11.6 Å². The van der Waals surface area contributed by atoms with Crippen molar-refractivity contribution in [2.45, 2.75) is 19.8 Å². The monoisotopic (exact) mass is 437 g/mol. The highest BCUT2D eigenvalue weighted by Gasteiger charge is 2.05. The van der Waals surface area contributed by atoms with Crippen molar-refractivity contribution in [2.24, 2.45) is 5.16 Å². The van der Waals surface area contributed by atoms with E-state index in [1.54, 1.807) is 24.3 Å². The lowest BCUT2D eigenvalue weighted by atomic mass is 10.0. The number of ether oxygens (including phenoxy) is 1. The molecule has 31 heavy (non-hydrogen) atoms. The van der Waals surface area contributed by atoms with Crippen molar-refractivity contribution in [1.82, 2.24) is 0 Å². The molecule has 6 heteroatoms. The Balaban J connectivity index is 1.53. The first-order valence-electron chi connectivity index (χ1n) is 10.0. The van der Waals surface area contributed by atoms with E-state index in [1.807, 2.05) is 55.5 Å². The van der Waals surface area contributed by atoms with Gasteiger partial charge >= 0.3 is 5.97 Å². The molecule has 0 saturated heterocycles. The van der Waals surface area contributed by atoms with E-state index in [-0.39, 0.29) is 13.0 Å². The van der Waals surface area contributed by atoms with Gasteiger partial charge in [-0.15, -0.1) is 0 Å². The molecule has 0 aromatic heterocycles. The minimum Gasteiger partial charge on any atom is -0.490 e. The summed E-state index contributed by atoms with van der Waals surface area (Å²) in [4.78, 5) is 16.3. The van der Waals surface area contributed by atoms with Crippen LogP contribution in [0.3, 0.4) is 0 Å². The lowest BCUT2D eigenvalue weighted by Gasteiger charge is -2.09. The van der Waals surface area contributed by atoms with Crippen molar-refractivity contribution in [1.29, 1.82) is 0 Å². The summed E-state index contributed by atoms with van der Waals surface area (Å²) in [6, 6.07) is 22.9. The average molecular weight is 438 g/mol. The van der Waals surface area contributed by atoms with Crippen molar-refractivity contribution in [2.75, 3.05) is 13.2 Å². The van der Waals surface area contributed by atoms with E-state index in [1.165, 1.54) is 0 Å². The topological polar surface area (TPSA) is 68.1 Å². The number of benzene rings is 3. The fourth-order valence-corrected chi connectivity index (χ4v) is 3.27. The Kier molecular flexibility index (Phi) is 8.07. The molecule has 0 aliphatic heterocycles. The number of nitrogens with zero attached hydrogens (tertiary/aromatic N) is 1. The van der Waals surface area contributed by atoms with Gasteiger partial charge in [0.25, 0.3) is 0 Å². The van der Waals surface area contributed by atoms with Gasteiger partial charge in [0, 0.05) is 5.02 Å². The molecule has 3 rings (SSSR count). The molecule has 1 N–H and O–H groups in total. The molecule has 0 bridgehead atoms. The van der Waals surface area contributed by atoms with Gasteiger partial charge in [0.05, 0.1) is 12.1 Å². The number of oxime groups is 1. The predicted molar refractivity (Wildman–Crippen MR) is 123 cm³/mol. The summed E-state index contributed by atoms with van der Waals surface area (Å²) in [7, 11) is 0. The Morgan fingerprint density at radius 2 is 1.74 bits per heavy atom. The van der Waals surface area contributed by atoms with E-state index in [4.69, 9.17) is 26.3 Å². The van der Waals surface area contributed by atoms with Gasteiger partial charge in [-0.3, -0.25) is 4.79 Å². The van der Waals surface area contributed by atoms with Crippen LogP contribution in [0.25, 0.3) is 11.1 Å². The van der Waals surface area contributed by atoms with Crippen LogP contribution in [0.2, 0.25) is 5.02 Å². The van der Waals surface area contributed by atoms with Crippen LogP contribution in [-0.4, -0.2) is 30.0 Å². The molecule has 5 nitrogen and oxygen atoms in total. The smallest absolute Gasteiger partial charge is 0.307 e. The van der Waals surface area contributed by atoms with Gasteiger partial charge in [-0.25, -0.2) is 0 Å². The zero-order valence-electron chi connectivity index (χ0n) is 17.3. The molecule has 0 atom stereocenters. The summed E-state index contributed by atoms with van der Waals surface area (Å²) < 4.78 is 5.63. The third-order valence-corrected chi connectivity index (χ3v) is 4.82. The first-order chi connectivity index (χ1) is 15.0. The highest BCUT2D eigenvalue weighted by molar-refractivity contribution is 6.30. The van der Waals surface area contributed by atoms with E-state index in [0.717, 1.165) is 28.8 Å². The van der Waals surface area contributed by atoms with E-state index in [0.29, 0.717) is 22.9 Å². The molecule has 0 fully saturated rings. The van der Waals surface area contributed by atoms with Crippen molar-refractivity contribution < 1.29 is 19.5 Å². The molecular weight excluding hydrogens is 414 g/mol. The van der Waals surface area contributed by atoms with Crippen LogP contribution in [0.1, 0.15) is 24.5 Å². The normalized spacial score (nSPS) is 11.2. The van der Waals surface area contributed by atoms with Gasteiger partial charge < -0.3 is 14.7 Å². The highest BCUT2D eigenvalue weighted by Crippen LogP contribution is 2.23. The van der Waals surface area contributed by atoms with Crippen LogP contribution in [0.15, 0.2) is 78.0 Å². The standard InChI is InChI=1S/C25H24ClNO4/c1-2-24(20-11-9-19(10-12-20)21-6-4-7-22(26)17-21)27-31-14-13-30-23-8-3-5-18(15-23)16-25(28)29/h3-12,15,17H,2,13-14,16H2,1H3,(H,28,29). The zero-order valence-corrected chi connectivity index (χ0v) is 18.0. The fraction of sp³-hybridized carbons (Fsp3) is 0.200. The van der Waals surface area contributed by atoms with Crippen molar-refractivity contribution in [3.63, 3.8) is 0 Å². The van der Waals surface area contributed by atoms with E-state index in [2.05, 4.69) is 5.16 Å². The molecule has 0 saturated carbocycles. The maximum atomic E-state index is 10.8. The SMILES string of the molecule is CCC(=NOCCOc1cccc(CC(=O)O)c1)c1ccc(-c2cccc(Cl)c2)cc1. The number of hydrogen-bond acceptors (Lipinski definition) is 4. The second-order valence-corrected chi connectivity index (χ2v) is 7.32. The highest BCUT2D eigenvalue weighted by atomic mass is 35.5. The number of carbonyl (C=O) groups is 1. The van der Waals surface area contributed by atoms with E-state index < -0.39 is 5.97 Å². The molecule has 0 spiro atoms. The largest absolute Gasteiger partial charge is 0.490 e. The lowest BCUT2D eigenvalue weighted by molar-refractivity contribution is -0.136. The van der Waals surface area contributed by atoms with E-state index in [9.17, 15) is 4.79 Å². The molecule has 0 radical (unpaired) electrons. The lowest BCUT2D eigenvalue weighted by Crippen LogP contribution is -2.07. The van der Waals surface area contributed by atoms with Crippen LogP contribution < -0.4 is 4.74 Å². The maximum Gasteiger partial charge on any atom is 0.307 e. The van der Waals surface area contributed by atoms with Crippen LogP contribution in [0.5, 0.6) is 5.75 Å². The first kappa shape index (κ1) is 22.4. The van der Waals surface area contributed by atoms with Crippen molar-refractivity contribution in [3.8, 4) is 16.9 Å². The Bertz CT molecular complexity index is 1050. The van der Waals surface area contributed by atoms with Gasteiger partial charge in [-0.1, -0.05) is 72.2 Å². The molecule has 0 unspecified atom stereocenters. The minimum atomic E-state index is -0.873. The van der Waals surface area contributed by atoms with Gasteiger partial charge in [0.2, 0.25) is 0 Å². The summed E-state index contributed by atoms with van der Waals surface area (Å²) in [6.45, 7) is 2.62. The first-order valence-corrected chi connectivity index (χ1v) is 10.4. The maximum absolute atomic E-state index is 10.8. The second kappa shape index (κ2) is 11.2. The van der Waals surface area contributed by atoms with Crippen LogP contribution in [-0.2, 0) is 16.1 Å². The molecule has 0 aliphatic rings. The Hall–Kier alpha value is -3.31. The second-order valence-electron chi connectivity index (χ2n) is 6.88. The summed E-state index contributed by atoms with van der Waals surface area (Å²) >= 11 is 6.08. The predicted octanol–water partition coefficient (Wildman–Crippen LogP) is 5.84. The minimum absolute atomic E-state index is 0.0338. The Morgan fingerprint density at radius 1 is 0.968 bits per heavy atom. The molecule has 0 amide bonds. The van der Waals surface area contributed by atoms with Crippen molar-refractivity contribution in [3.05, 3.63) is 88.9 Å². The third kappa shape index (κ3) is 6.86. The molecular formula is C25H24ClNO4. The van der Waals surface area contributed by atoms with Gasteiger partial charge in [-0.2, -0.15) is 0 Å². The van der Waals surface area contributed by atoms with Crippen LogP contribution in [0.4, 0.5) is 0 Å². The average Bonchev–Trinajstić information content (AvgIpc) is 2.76. The molecule has 3 aromatic carbocycles. The van der Waals surface area contributed by atoms with E-state index >= 15 is 0 Å². The summed E-state index contributed by atoms with van der Waals surface area (Å²) in [6.07, 6.45) is 0.697. The zero-order chi connectivity index (χ0) is 22.1. The van der Waals surface area contributed by atoms with Gasteiger partial charge in [0.15, 0.2) is 6.61 Å². The summed E-state index contributed by atoms with van der Waals surface area (Å²) in [5.41, 5.74) is 4.69. The quantitative estimate of drug-likeness (QED) is 0.245. The third-order valence-electron chi connectivity index (χ3n) is 4.58. The molecule has 0 heterocycles. The number of carboxylic acid groups (broad SMARTS) is 1. The number of rotatable bonds is 10. The van der Waals surface area contributed by atoms with Crippen LogP contribution in [0, 0.1) is 0 Å². The summed E-state index contributed by atoms with van der Waals surface area (Å²) in [5, 5.41) is 13.8. The number of carboxylic acids is 1. The molecule has 0 aliphatic carbocycles. The Labute approximate surface area is 186 Å². The number of hydrogen-bond donors (Lipinski definition) is 1. The number of aliphatic carboxylic acids is 1. The number of halogens is 1. The van der Waals surface area contributed by atoms with Gasteiger partial charge in [-0.05, 0) is 52.9 Å². The van der Waals surface area contributed by atoms with Gasteiger partial charge in [0.1, 0.15) is 12.4 Å². The summed E-state index contributed by atoms with van der Waals surface area (Å²) in [5.74, 6) is -0.263. The fourth-order valence-electron chi connectivity index (χ4n) is 3.08. The van der Waals surface area contributed by atoms with Crippen molar-refractivity contribution >= 4 is 23.3 Å². The molecule has 160 valence electrons. The molecule has 3 aromatic rings. The Morgan fingerprint density at radius 3 is 2.45 bits per heavy atom.